The predicted octanol–water partition coefficient (Wildman–Crippen LogP) is 3.98. The summed E-state index contributed by atoms with van der Waals surface area (Å²) in [5.41, 5.74) is 3.74. The average molecular weight is 372 g/mol. The zero-order chi connectivity index (χ0) is 19.1. The molecule has 2 heterocycles. The summed E-state index contributed by atoms with van der Waals surface area (Å²) in [5.74, 6) is 2.27. The zero-order valence-corrected chi connectivity index (χ0v) is 15.6. The Balaban J connectivity index is 1.63. The van der Waals surface area contributed by atoms with Gasteiger partial charge in [0.25, 0.3) is 0 Å². The Morgan fingerprint density at radius 3 is 2.61 bits per heavy atom. The molecule has 0 amide bonds. The molecule has 0 spiro atoms. The fraction of sp³-hybridized carbons (Fsp3) is 0.227. The third kappa shape index (κ3) is 2.69. The van der Waals surface area contributed by atoms with Gasteiger partial charge >= 0.3 is 0 Å². The molecule has 1 unspecified atom stereocenters. The molecular formula is C22H20N4O2. The fourth-order valence-corrected chi connectivity index (χ4v) is 3.96. The largest absolute Gasteiger partial charge is 0.497 e. The van der Waals surface area contributed by atoms with Crippen molar-refractivity contribution in [1.29, 1.82) is 0 Å². The van der Waals surface area contributed by atoms with Crippen molar-refractivity contribution in [3.63, 3.8) is 0 Å². The van der Waals surface area contributed by atoms with Crippen molar-refractivity contribution in [2.45, 2.75) is 25.3 Å². The maximum absolute atomic E-state index is 12.8. The Labute approximate surface area is 162 Å². The van der Waals surface area contributed by atoms with Gasteiger partial charge in [-0.25, -0.2) is 4.68 Å². The molecule has 1 atom stereocenters. The molecule has 28 heavy (non-hydrogen) atoms. The molecule has 1 aliphatic carbocycles. The Bertz CT molecular complexity index is 1070. The quantitative estimate of drug-likeness (QED) is 0.753. The number of carbonyl (C=O) groups excluding carboxylic acids is 1. The number of rotatable bonds is 3. The minimum Gasteiger partial charge on any atom is -0.497 e. The molecule has 140 valence electrons. The van der Waals surface area contributed by atoms with E-state index in [0.29, 0.717) is 18.2 Å². The lowest BCUT2D eigenvalue weighted by molar-refractivity contribution is -0.116. The minimum atomic E-state index is -0.250. The topological polar surface area (TPSA) is 69.0 Å². The van der Waals surface area contributed by atoms with Gasteiger partial charge in [-0.15, -0.1) is 5.10 Å². The molecule has 1 aromatic heterocycles. The predicted molar refractivity (Wildman–Crippen MR) is 106 cm³/mol. The number of hydrogen-bond acceptors (Lipinski definition) is 5. The van der Waals surface area contributed by atoms with Crippen molar-refractivity contribution in [1.82, 2.24) is 14.8 Å². The number of methoxy groups -OCH3 is 1. The fourth-order valence-electron chi connectivity index (χ4n) is 3.96. The number of benzene rings is 2. The highest BCUT2D eigenvalue weighted by Crippen LogP contribution is 2.40. The summed E-state index contributed by atoms with van der Waals surface area (Å²) in [6.07, 6.45) is 2.31. The monoisotopic (exact) mass is 372 g/mol. The van der Waals surface area contributed by atoms with E-state index in [1.807, 2.05) is 59.3 Å². The number of allylic oxidation sites excluding steroid dienone is 2. The maximum atomic E-state index is 12.8. The maximum Gasteiger partial charge on any atom is 0.226 e. The van der Waals surface area contributed by atoms with Gasteiger partial charge in [-0.2, -0.15) is 4.98 Å². The smallest absolute Gasteiger partial charge is 0.226 e. The molecule has 2 aromatic carbocycles. The van der Waals surface area contributed by atoms with E-state index in [0.717, 1.165) is 41.0 Å². The number of carbonyl (C=O) groups is 1. The first-order valence-corrected chi connectivity index (χ1v) is 9.44. The molecule has 0 fully saturated rings. The van der Waals surface area contributed by atoms with E-state index >= 15 is 0 Å². The van der Waals surface area contributed by atoms with Crippen LogP contribution in [0.2, 0.25) is 0 Å². The molecule has 0 saturated heterocycles. The molecule has 6 heteroatoms. The van der Waals surface area contributed by atoms with E-state index in [1.165, 1.54) is 0 Å². The Morgan fingerprint density at radius 2 is 1.86 bits per heavy atom. The van der Waals surface area contributed by atoms with Crippen LogP contribution in [0, 0.1) is 0 Å². The van der Waals surface area contributed by atoms with Crippen LogP contribution in [0.1, 0.15) is 30.9 Å². The summed E-state index contributed by atoms with van der Waals surface area (Å²) < 4.78 is 7.08. The van der Waals surface area contributed by atoms with Gasteiger partial charge in [-0.1, -0.05) is 30.3 Å². The standard InChI is InChI=1S/C22H20N4O2/c1-28-16-12-10-15(11-13-16)21-24-22-23-17-8-5-9-18(27)19(17)20(26(22)25-21)14-6-3-2-4-7-14/h2-4,6-7,10-13,20H,5,8-9H2,1H3,(H,23,24,25). The number of nitrogens with one attached hydrogen (secondary N) is 1. The Morgan fingerprint density at radius 1 is 1.07 bits per heavy atom. The molecule has 1 aliphatic heterocycles. The number of anilines is 1. The minimum absolute atomic E-state index is 0.190. The molecule has 0 bridgehead atoms. The number of Topliss-reactive ketones (excluding diaryl/α,β-unsaturated/α-hetero) is 1. The highest BCUT2D eigenvalue weighted by molar-refractivity contribution is 5.99. The van der Waals surface area contributed by atoms with Crippen molar-refractivity contribution >= 4 is 11.7 Å². The summed E-state index contributed by atoms with van der Waals surface area (Å²) in [6.45, 7) is 0. The number of ether oxygens (including phenoxy) is 1. The van der Waals surface area contributed by atoms with Gasteiger partial charge in [-0.3, -0.25) is 4.79 Å². The number of ketones is 1. The van der Waals surface area contributed by atoms with Crippen LogP contribution in [0.4, 0.5) is 5.95 Å². The molecule has 2 aliphatic rings. The molecule has 6 nitrogen and oxygen atoms in total. The highest BCUT2D eigenvalue weighted by atomic mass is 16.5. The van der Waals surface area contributed by atoms with E-state index < -0.39 is 0 Å². The Kier molecular flexibility index (Phi) is 3.97. The van der Waals surface area contributed by atoms with E-state index in [-0.39, 0.29) is 11.8 Å². The van der Waals surface area contributed by atoms with E-state index in [9.17, 15) is 4.79 Å². The SMILES string of the molecule is COc1ccc(-c2nc3n(n2)C(c2ccccc2)C2=C(CCCC2=O)N3)cc1. The van der Waals surface area contributed by atoms with Crippen LogP contribution in [-0.4, -0.2) is 27.7 Å². The first-order chi connectivity index (χ1) is 13.7. The van der Waals surface area contributed by atoms with Crippen molar-refractivity contribution in [3.8, 4) is 17.1 Å². The van der Waals surface area contributed by atoms with E-state index in [4.69, 9.17) is 14.8 Å². The lowest BCUT2D eigenvalue weighted by Crippen LogP contribution is -2.31. The lowest BCUT2D eigenvalue weighted by atomic mass is 9.85. The molecule has 5 rings (SSSR count). The Hall–Kier alpha value is -3.41. The van der Waals surface area contributed by atoms with Crippen LogP contribution >= 0.6 is 0 Å². The van der Waals surface area contributed by atoms with Crippen molar-refractivity contribution in [2.75, 3.05) is 12.4 Å². The summed E-state index contributed by atoms with van der Waals surface area (Å²) in [6, 6.07) is 17.5. The first kappa shape index (κ1) is 16.7. The number of aromatic nitrogens is 3. The number of hydrogen-bond donors (Lipinski definition) is 1. The van der Waals surface area contributed by atoms with Crippen molar-refractivity contribution < 1.29 is 9.53 Å². The van der Waals surface area contributed by atoms with Crippen molar-refractivity contribution in [3.05, 3.63) is 71.4 Å². The van der Waals surface area contributed by atoms with E-state index in [2.05, 4.69) is 5.32 Å². The summed E-state index contributed by atoms with van der Waals surface area (Å²) >= 11 is 0. The second-order valence-electron chi connectivity index (χ2n) is 7.04. The van der Waals surface area contributed by atoms with Crippen LogP contribution in [0.15, 0.2) is 65.9 Å². The molecule has 0 radical (unpaired) electrons. The van der Waals surface area contributed by atoms with Gasteiger partial charge in [-0.05, 0) is 42.7 Å². The summed E-state index contributed by atoms with van der Waals surface area (Å²) in [7, 11) is 1.64. The van der Waals surface area contributed by atoms with Crippen molar-refractivity contribution in [2.24, 2.45) is 0 Å². The molecular weight excluding hydrogens is 352 g/mol. The van der Waals surface area contributed by atoms with E-state index in [1.54, 1.807) is 7.11 Å². The van der Waals surface area contributed by atoms with Crippen LogP contribution in [-0.2, 0) is 4.79 Å². The summed E-state index contributed by atoms with van der Waals surface area (Å²) in [5, 5.41) is 8.14. The van der Waals surface area contributed by atoms with Gasteiger partial charge in [0, 0.05) is 23.3 Å². The third-order valence-electron chi connectivity index (χ3n) is 5.33. The van der Waals surface area contributed by atoms with Crippen LogP contribution in [0.3, 0.4) is 0 Å². The normalized spacial score (nSPS) is 18.3. The van der Waals surface area contributed by atoms with Gasteiger partial charge in [0.1, 0.15) is 11.8 Å². The van der Waals surface area contributed by atoms with Gasteiger partial charge in [0.15, 0.2) is 11.6 Å². The second-order valence-corrected chi connectivity index (χ2v) is 7.04. The molecule has 3 aromatic rings. The second kappa shape index (κ2) is 6.64. The summed E-state index contributed by atoms with van der Waals surface area (Å²) in [4.78, 5) is 17.5. The van der Waals surface area contributed by atoms with Crippen LogP contribution in [0.5, 0.6) is 5.75 Å². The number of fused-ring (bicyclic) bond motifs is 1. The lowest BCUT2D eigenvalue weighted by Gasteiger charge is -2.32. The average Bonchev–Trinajstić information content (AvgIpc) is 3.17. The molecule has 0 saturated carbocycles. The highest BCUT2D eigenvalue weighted by Gasteiger charge is 2.36. The number of nitrogens with zero attached hydrogens (tertiary/aromatic N) is 3. The van der Waals surface area contributed by atoms with Gasteiger partial charge in [0.2, 0.25) is 5.95 Å². The van der Waals surface area contributed by atoms with Crippen LogP contribution in [0.25, 0.3) is 11.4 Å². The van der Waals surface area contributed by atoms with Gasteiger partial charge < -0.3 is 10.1 Å². The first-order valence-electron chi connectivity index (χ1n) is 9.44. The molecule has 1 N–H and O–H groups in total. The van der Waals surface area contributed by atoms with Crippen LogP contribution < -0.4 is 10.1 Å². The van der Waals surface area contributed by atoms with Gasteiger partial charge in [0.05, 0.1) is 7.11 Å². The third-order valence-corrected chi connectivity index (χ3v) is 5.33. The zero-order valence-electron chi connectivity index (χ0n) is 15.6.